The Morgan fingerprint density at radius 1 is 1.29 bits per heavy atom. The molecule has 2 aromatic heterocycles. The fourth-order valence-electron chi connectivity index (χ4n) is 4.18. The van der Waals surface area contributed by atoms with E-state index in [2.05, 4.69) is 25.5 Å². The number of hydrogen-bond donors (Lipinski definition) is 2. The minimum absolute atomic E-state index is 0.0164. The monoisotopic (exact) mass is 431 g/mol. The van der Waals surface area contributed by atoms with Gasteiger partial charge in [0, 0.05) is 31.5 Å². The Morgan fingerprint density at radius 3 is 2.68 bits per heavy atom. The zero-order valence-electron chi connectivity index (χ0n) is 18.2. The van der Waals surface area contributed by atoms with E-state index in [9.17, 15) is 9.18 Å². The van der Waals surface area contributed by atoms with Crippen molar-refractivity contribution in [3.8, 4) is 0 Å². The highest BCUT2D eigenvalue weighted by molar-refractivity contribution is 5.87. The molecule has 166 valence electrons. The lowest BCUT2D eigenvalue weighted by molar-refractivity contribution is -0.153. The maximum absolute atomic E-state index is 15.5. The van der Waals surface area contributed by atoms with Gasteiger partial charge in [0.25, 0.3) is 5.91 Å². The molecule has 10 heteroatoms. The number of hydrogen-bond acceptors (Lipinski definition) is 6. The molecule has 8 nitrogen and oxygen atoms in total. The molecule has 0 aromatic carbocycles. The molecule has 4 rings (SSSR count). The topological polar surface area (TPSA) is 90.0 Å². The van der Waals surface area contributed by atoms with Crippen LogP contribution in [0.2, 0.25) is 0 Å². The number of fused-ring (bicyclic) bond motifs is 1. The number of carbonyl (C=O) groups excluding carboxylic acids is 1. The SMILES string of the molecule is C/C=C/c1ncc(F)c(Nc2n[nH]c3c2CN(C(=O)C2(F)CCN(C)CC2)C3(C)C)n1. The van der Waals surface area contributed by atoms with Gasteiger partial charge in [-0.3, -0.25) is 9.89 Å². The van der Waals surface area contributed by atoms with Crippen molar-refractivity contribution >= 4 is 23.6 Å². The molecule has 4 heterocycles. The van der Waals surface area contributed by atoms with Gasteiger partial charge in [-0.1, -0.05) is 6.08 Å². The van der Waals surface area contributed by atoms with Crippen LogP contribution in [-0.4, -0.2) is 61.7 Å². The fraction of sp³-hybridized carbons (Fsp3) is 0.524. The van der Waals surface area contributed by atoms with Gasteiger partial charge in [-0.2, -0.15) is 5.10 Å². The van der Waals surface area contributed by atoms with Gasteiger partial charge in [-0.15, -0.1) is 0 Å². The van der Waals surface area contributed by atoms with Crippen LogP contribution in [-0.2, 0) is 16.9 Å². The second-order valence-electron chi connectivity index (χ2n) is 8.69. The number of carbonyl (C=O) groups is 1. The van der Waals surface area contributed by atoms with Crippen LogP contribution < -0.4 is 5.32 Å². The molecular formula is C21H27F2N7O. The van der Waals surface area contributed by atoms with E-state index in [0.717, 1.165) is 6.20 Å². The Hall–Kier alpha value is -2.88. The summed E-state index contributed by atoms with van der Waals surface area (Å²) in [7, 11) is 1.92. The summed E-state index contributed by atoms with van der Waals surface area (Å²) < 4.78 is 29.8. The number of halogens is 2. The molecule has 0 radical (unpaired) electrons. The summed E-state index contributed by atoms with van der Waals surface area (Å²) in [6, 6.07) is 0. The number of aromatic nitrogens is 4. The fourth-order valence-corrected chi connectivity index (χ4v) is 4.18. The molecule has 0 saturated carbocycles. The molecule has 0 atom stereocenters. The highest BCUT2D eigenvalue weighted by Gasteiger charge is 2.51. The van der Waals surface area contributed by atoms with E-state index in [4.69, 9.17) is 0 Å². The van der Waals surface area contributed by atoms with E-state index in [1.165, 1.54) is 0 Å². The third-order valence-electron chi connectivity index (χ3n) is 6.19. The van der Waals surface area contributed by atoms with E-state index in [-0.39, 0.29) is 25.2 Å². The first-order valence-corrected chi connectivity index (χ1v) is 10.4. The van der Waals surface area contributed by atoms with Crippen LogP contribution in [0.3, 0.4) is 0 Å². The third-order valence-corrected chi connectivity index (χ3v) is 6.19. The second kappa shape index (κ2) is 7.67. The van der Waals surface area contributed by atoms with Crippen molar-refractivity contribution in [1.29, 1.82) is 0 Å². The van der Waals surface area contributed by atoms with Crippen LogP contribution in [0.25, 0.3) is 6.08 Å². The lowest BCUT2D eigenvalue weighted by Crippen LogP contribution is -2.54. The summed E-state index contributed by atoms with van der Waals surface area (Å²) in [5, 5.41) is 10.1. The Bertz CT molecular complexity index is 1020. The van der Waals surface area contributed by atoms with Gasteiger partial charge in [0.15, 0.2) is 28.9 Å². The minimum Gasteiger partial charge on any atom is -0.325 e. The molecule has 0 aliphatic carbocycles. The van der Waals surface area contributed by atoms with Gasteiger partial charge in [0.05, 0.1) is 24.0 Å². The van der Waals surface area contributed by atoms with Gasteiger partial charge in [0.2, 0.25) is 0 Å². The maximum Gasteiger partial charge on any atom is 0.261 e. The number of nitrogens with one attached hydrogen (secondary N) is 2. The number of aromatic amines is 1. The lowest BCUT2D eigenvalue weighted by atomic mass is 9.90. The van der Waals surface area contributed by atoms with E-state index in [1.54, 1.807) is 17.1 Å². The van der Waals surface area contributed by atoms with Crippen molar-refractivity contribution < 1.29 is 13.6 Å². The molecule has 31 heavy (non-hydrogen) atoms. The first-order valence-electron chi connectivity index (χ1n) is 10.4. The van der Waals surface area contributed by atoms with Crippen molar-refractivity contribution in [2.24, 2.45) is 0 Å². The van der Waals surface area contributed by atoms with Crippen LogP contribution >= 0.6 is 0 Å². The molecule has 1 amide bonds. The predicted octanol–water partition coefficient (Wildman–Crippen LogP) is 3.13. The number of amides is 1. The van der Waals surface area contributed by atoms with Gasteiger partial charge >= 0.3 is 0 Å². The highest BCUT2D eigenvalue weighted by Crippen LogP contribution is 2.43. The lowest BCUT2D eigenvalue weighted by Gasteiger charge is -2.40. The summed E-state index contributed by atoms with van der Waals surface area (Å²) in [5.41, 5.74) is -1.26. The molecule has 0 bridgehead atoms. The van der Waals surface area contributed by atoms with Crippen molar-refractivity contribution in [2.45, 2.75) is 51.4 Å². The Balaban J connectivity index is 1.60. The first kappa shape index (κ1) is 21.4. The Labute approximate surface area is 179 Å². The number of alkyl halides is 1. The molecule has 2 aliphatic rings. The number of allylic oxidation sites excluding steroid dienone is 1. The standard InChI is InChI=1S/C21H27F2N7O/c1-5-6-15-24-11-14(22)18(25-15)26-17-13-12-30(20(2,3)16(13)27-28-17)19(31)21(23)7-9-29(4)10-8-21/h5-6,11H,7-10,12H2,1-4H3,(H2,24,25,26,27,28)/b6-5+. The van der Waals surface area contributed by atoms with Gasteiger partial charge in [-0.25, -0.2) is 18.7 Å². The average molecular weight is 431 g/mol. The second-order valence-corrected chi connectivity index (χ2v) is 8.69. The van der Waals surface area contributed by atoms with Crippen LogP contribution in [0.4, 0.5) is 20.4 Å². The number of anilines is 2. The van der Waals surface area contributed by atoms with Crippen LogP contribution in [0.15, 0.2) is 12.3 Å². The van der Waals surface area contributed by atoms with Gasteiger partial charge in [-0.05, 0) is 33.9 Å². The van der Waals surface area contributed by atoms with Crippen LogP contribution in [0, 0.1) is 5.82 Å². The molecule has 2 N–H and O–H groups in total. The normalized spacial score (nSPS) is 20.3. The van der Waals surface area contributed by atoms with E-state index >= 15 is 4.39 Å². The minimum atomic E-state index is -1.88. The average Bonchev–Trinajstić information content (AvgIpc) is 3.25. The molecule has 0 unspecified atom stereocenters. The Kier molecular flexibility index (Phi) is 5.28. The smallest absolute Gasteiger partial charge is 0.261 e. The molecule has 0 spiro atoms. The number of nitrogens with zero attached hydrogens (tertiary/aromatic N) is 5. The highest BCUT2D eigenvalue weighted by atomic mass is 19.1. The zero-order valence-corrected chi connectivity index (χ0v) is 18.2. The summed E-state index contributed by atoms with van der Waals surface area (Å²) >= 11 is 0. The number of rotatable bonds is 4. The van der Waals surface area contributed by atoms with E-state index in [0.29, 0.717) is 36.0 Å². The van der Waals surface area contributed by atoms with E-state index in [1.807, 2.05) is 32.7 Å². The number of piperidine rings is 1. The first-order chi connectivity index (χ1) is 14.7. The predicted molar refractivity (Wildman–Crippen MR) is 113 cm³/mol. The molecule has 2 aliphatic heterocycles. The molecule has 1 saturated heterocycles. The maximum atomic E-state index is 15.5. The summed E-state index contributed by atoms with van der Waals surface area (Å²) in [6.07, 6.45) is 4.85. The van der Waals surface area contributed by atoms with E-state index < -0.39 is 22.9 Å². The van der Waals surface area contributed by atoms with Crippen LogP contribution in [0.5, 0.6) is 0 Å². The van der Waals surface area contributed by atoms with Gasteiger partial charge in [0.1, 0.15) is 0 Å². The van der Waals surface area contributed by atoms with Crippen molar-refractivity contribution in [1.82, 2.24) is 30.0 Å². The summed E-state index contributed by atoms with van der Waals surface area (Å²) in [4.78, 5) is 24.9. The molecular weight excluding hydrogens is 404 g/mol. The van der Waals surface area contributed by atoms with Crippen molar-refractivity contribution in [3.63, 3.8) is 0 Å². The summed E-state index contributed by atoms with van der Waals surface area (Å²) in [5.74, 6) is -0.428. The third kappa shape index (κ3) is 3.69. The zero-order chi connectivity index (χ0) is 22.4. The number of H-pyrrole nitrogens is 1. The van der Waals surface area contributed by atoms with Crippen LogP contribution in [0.1, 0.15) is 50.7 Å². The summed E-state index contributed by atoms with van der Waals surface area (Å²) in [6.45, 7) is 6.78. The van der Waals surface area contributed by atoms with Gasteiger partial charge < -0.3 is 15.1 Å². The van der Waals surface area contributed by atoms with Crippen molar-refractivity contribution in [3.05, 3.63) is 35.2 Å². The van der Waals surface area contributed by atoms with Crippen molar-refractivity contribution in [2.75, 3.05) is 25.5 Å². The molecule has 1 fully saturated rings. The molecule has 2 aromatic rings. The quantitative estimate of drug-likeness (QED) is 0.773. The largest absolute Gasteiger partial charge is 0.325 e. The Morgan fingerprint density at radius 2 is 2.00 bits per heavy atom. The number of likely N-dealkylation sites (tertiary alicyclic amines) is 1.